The lowest BCUT2D eigenvalue weighted by Crippen LogP contribution is -2.48. The first kappa shape index (κ1) is 15.2. The maximum absolute atomic E-state index is 12.2. The van der Waals surface area contributed by atoms with Crippen molar-refractivity contribution in [1.29, 1.82) is 0 Å². The molecule has 0 N–H and O–H groups in total. The van der Waals surface area contributed by atoms with Crippen LogP contribution >= 0.6 is 11.3 Å². The Kier molecular flexibility index (Phi) is 5.35. The van der Waals surface area contributed by atoms with Crippen LogP contribution in [-0.2, 0) is 11.3 Å². The summed E-state index contributed by atoms with van der Waals surface area (Å²) in [4.78, 5) is 17.5. The third-order valence-corrected chi connectivity index (χ3v) is 3.70. The molecule has 0 radical (unpaired) electrons. The second-order valence-corrected chi connectivity index (χ2v) is 6.59. The Hall–Kier alpha value is -0.870. The van der Waals surface area contributed by atoms with Crippen LogP contribution in [0.4, 0.5) is 0 Å². The molecular formula is C14H24N2OS. The van der Waals surface area contributed by atoms with E-state index < -0.39 is 0 Å². The maximum atomic E-state index is 12.2. The molecule has 1 aromatic heterocycles. The van der Waals surface area contributed by atoms with Gasteiger partial charge < -0.3 is 4.90 Å². The van der Waals surface area contributed by atoms with Crippen molar-refractivity contribution in [2.45, 2.75) is 39.8 Å². The Morgan fingerprint density at radius 1 is 1.39 bits per heavy atom. The minimum atomic E-state index is -0.102. The summed E-state index contributed by atoms with van der Waals surface area (Å²) in [6, 6.07) is 4.15. The number of nitrogens with zero attached hydrogens (tertiary/aromatic N) is 2. The molecule has 0 aliphatic rings. The van der Waals surface area contributed by atoms with Crippen molar-refractivity contribution in [3.63, 3.8) is 0 Å². The van der Waals surface area contributed by atoms with E-state index in [0.29, 0.717) is 6.54 Å². The highest BCUT2D eigenvalue weighted by Gasteiger charge is 2.25. The second-order valence-electron chi connectivity index (χ2n) is 5.56. The molecular weight excluding hydrogens is 244 g/mol. The molecule has 0 aliphatic heterocycles. The number of rotatable bonds is 5. The van der Waals surface area contributed by atoms with Crippen LogP contribution in [0.1, 0.15) is 32.6 Å². The van der Waals surface area contributed by atoms with Gasteiger partial charge in [-0.25, -0.2) is 0 Å². The summed E-state index contributed by atoms with van der Waals surface area (Å²) >= 11 is 1.73. The molecule has 18 heavy (non-hydrogen) atoms. The lowest BCUT2D eigenvalue weighted by molar-refractivity contribution is -0.136. The molecule has 0 fully saturated rings. The molecule has 0 aromatic carbocycles. The minimum absolute atomic E-state index is 0.102. The Bertz CT molecular complexity index is 368. The van der Waals surface area contributed by atoms with Crippen LogP contribution in [-0.4, -0.2) is 41.4 Å². The number of hydrogen-bond donors (Lipinski definition) is 0. The van der Waals surface area contributed by atoms with Crippen LogP contribution < -0.4 is 0 Å². The second kappa shape index (κ2) is 6.34. The molecule has 0 unspecified atom stereocenters. The Labute approximate surface area is 114 Å². The van der Waals surface area contributed by atoms with Gasteiger partial charge in [-0.1, -0.05) is 6.07 Å². The van der Waals surface area contributed by atoms with Gasteiger partial charge in [0.2, 0.25) is 5.91 Å². The van der Waals surface area contributed by atoms with Gasteiger partial charge in [0.1, 0.15) is 0 Å². The number of carbonyl (C=O) groups excluding carboxylic acids is 1. The highest BCUT2D eigenvalue weighted by molar-refractivity contribution is 7.09. The average molecular weight is 268 g/mol. The smallest absolute Gasteiger partial charge is 0.237 e. The number of amides is 1. The van der Waals surface area contributed by atoms with Gasteiger partial charge in [0.15, 0.2) is 0 Å². The van der Waals surface area contributed by atoms with Crippen molar-refractivity contribution >= 4 is 17.2 Å². The van der Waals surface area contributed by atoms with Crippen LogP contribution in [0.5, 0.6) is 0 Å². The number of thiophene rings is 1. The van der Waals surface area contributed by atoms with Gasteiger partial charge in [-0.15, -0.1) is 11.3 Å². The van der Waals surface area contributed by atoms with Crippen LogP contribution in [0.15, 0.2) is 17.5 Å². The fourth-order valence-electron chi connectivity index (χ4n) is 2.07. The Balaban J connectivity index is 2.53. The van der Waals surface area contributed by atoms with E-state index in [2.05, 4.69) is 37.1 Å². The van der Waals surface area contributed by atoms with Gasteiger partial charge in [-0.3, -0.25) is 9.69 Å². The van der Waals surface area contributed by atoms with Gasteiger partial charge in [-0.2, -0.15) is 0 Å². The lowest BCUT2D eigenvalue weighted by Gasteiger charge is -2.35. The summed E-state index contributed by atoms with van der Waals surface area (Å²) in [6.45, 7) is 10.3. The highest BCUT2D eigenvalue weighted by Crippen LogP contribution is 2.14. The van der Waals surface area contributed by atoms with E-state index in [0.717, 1.165) is 13.1 Å². The number of hydrogen-bond acceptors (Lipinski definition) is 3. The van der Waals surface area contributed by atoms with Crippen molar-refractivity contribution in [3.8, 4) is 0 Å². The summed E-state index contributed by atoms with van der Waals surface area (Å²) in [5, 5.41) is 2.07. The number of carbonyl (C=O) groups is 1. The van der Waals surface area contributed by atoms with E-state index in [1.54, 1.807) is 11.3 Å². The van der Waals surface area contributed by atoms with Crippen molar-refractivity contribution in [3.05, 3.63) is 22.4 Å². The molecule has 1 rings (SSSR count). The first-order valence-corrected chi connectivity index (χ1v) is 7.24. The van der Waals surface area contributed by atoms with Gasteiger partial charge in [0.05, 0.1) is 6.54 Å². The highest BCUT2D eigenvalue weighted by atomic mass is 32.1. The van der Waals surface area contributed by atoms with Crippen molar-refractivity contribution < 1.29 is 4.79 Å². The van der Waals surface area contributed by atoms with Crippen LogP contribution in [0.2, 0.25) is 0 Å². The molecule has 1 amide bonds. The van der Waals surface area contributed by atoms with Crippen molar-refractivity contribution in [2.75, 3.05) is 20.1 Å². The van der Waals surface area contributed by atoms with Gasteiger partial charge in [-0.05, 0) is 46.2 Å². The quantitative estimate of drug-likeness (QED) is 0.820. The van der Waals surface area contributed by atoms with E-state index in [1.807, 2.05) is 24.9 Å². The molecule has 102 valence electrons. The van der Waals surface area contributed by atoms with Gasteiger partial charge in [0.25, 0.3) is 0 Å². The topological polar surface area (TPSA) is 23.6 Å². The zero-order valence-electron chi connectivity index (χ0n) is 12.1. The van der Waals surface area contributed by atoms with E-state index in [9.17, 15) is 4.79 Å². The molecule has 0 atom stereocenters. The zero-order chi connectivity index (χ0) is 13.8. The van der Waals surface area contributed by atoms with Crippen molar-refractivity contribution in [2.24, 2.45) is 0 Å². The Morgan fingerprint density at radius 2 is 2.06 bits per heavy atom. The standard InChI is InChI=1S/C14H24N2OS/c1-6-16(14(2,3)4)13(17)11-15(5)10-12-8-7-9-18-12/h7-9H,6,10-11H2,1-5H3. The SMILES string of the molecule is CCN(C(=O)CN(C)Cc1cccs1)C(C)(C)C. The maximum Gasteiger partial charge on any atom is 0.237 e. The molecule has 1 aromatic rings. The summed E-state index contributed by atoms with van der Waals surface area (Å²) in [5.41, 5.74) is -0.102. The molecule has 0 aliphatic carbocycles. The van der Waals surface area contributed by atoms with E-state index in [4.69, 9.17) is 0 Å². The third-order valence-electron chi connectivity index (χ3n) is 2.84. The predicted molar refractivity (Wildman–Crippen MR) is 77.8 cm³/mol. The lowest BCUT2D eigenvalue weighted by atomic mass is 10.1. The van der Waals surface area contributed by atoms with Gasteiger partial charge >= 0.3 is 0 Å². The van der Waals surface area contributed by atoms with Crippen LogP contribution in [0.25, 0.3) is 0 Å². The molecule has 0 saturated carbocycles. The molecule has 3 nitrogen and oxygen atoms in total. The monoisotopic (exact) mass is 268 g/mol. The molecule has 0 bridgehead atoms. The molecule has 4 heteroatoms. The fourth-order valence-corrected chi connectivity index (χ4v) is 2.85. The largest absolute Gasteiger partial charge is 0.337 e. The first-order chi connectivity index (χ1) is 8.34. The fraction of sp³-hybridized carbons (Fsp3) is 0.643. The number of likely N-dealkylation sites (N-methyl/N-ethyl adjacent to an activating group) is 2. The van der Waals surface area contributed by atoms with E-state index in [-0.39, 0.29) is 11.4 Å². The van der Waals surface area contributed by atoms with E-state index in [1.165, 1.54) is 4.88 Å². The third kappa shape index (κ3) is 4.42. The molecule has 1 heterocycles. The normalized spacial score (nSPS) is 11.9. The summed E-state index contributed by atoms with van der Waals surface area (Å²) in [6.07, 6.45) is 0. The average Bonchev–Trinajstić information content (AvgIpc) is 2.68. The first-order valence-electron chi connectivity index (χ1n) is 6.36. The Morgan fingerprint density at radius 3 is 2.50 bits per heavy atom. The minimum Gasteiger partial charge on any atom is -0.337 e. The van der Waals surface area contributed by atoms with Crippen LogP contribution in [0.3, 0.4) is 0 Å². The molecule has 0 saturated heterocycles. The van der Waals surface area contributed by atoms with Crippen LogP contribution in [0, 0.1) is 0 Å². The zero-order valence-corrected chi connectivity index (χ0v) is 12.9. The van der Waals surface area contributed by atoms with Crippen molar-refractivity contribution in [1.82, 2.24) is 9.80 Å². The predicted octanol–water partition coefficient (Wildman–Crippen LogP) is 2.83. The van der Waals surface area contributed by atoms with Gasteiger partial charge in [0, 0.05) is 23.5 Å². The summed E-state index contributed by atoms with van der Waals surface area (Å²) in [7, 11) is 1.99. The molecule has 0 spiro atoms. The summed E-state index contributed by atoms with van der Waals surface area (Å²) < 4.78 is 0. The summed E-state index contributed by atoms with van der Waals surface area (Å²) in [5.74, 6) is 0.198. The van der Waals surface area contributed by atoms with E-state index >= 15 is 0 Å².